The molecule has 2 N–H and O–H groups in total. The molecule has 0 fully saturated rings. The fourth-order valence-corrected chi connectivity index (χ4v) is 2.96. The van der Waals surface area contributed by atoms with E-state index in [0.717, 1.165) is 14.5 Å². The number of nitrogens with one attached hydrogen (secondary N) is 2. The van der Waals surface area contributed by atoms with Crippen LogP contribution < -0.4 is 5.32 Å². The number of carbonyl (C=O) groups is 1. The summed E-state index contributed by atoms with van der Waals surface area (Å²) in [5.74, 6) is 0.645. The van der Waals surface area contributed by atoms with Gasteiger partial charge in [0, 0.05) is 15.2 Å². The van der Waals surface area contributed by atoms with Gasteiger partial charge in [-0.25, -0.2) is 4.98 Å². The number of fused-ring (bicyclic) bond motifs is 1. The van der Waals surface area contributed by atoms with E-state index in [1.54, 1.807) is 19.2 Å². The lowest BCUT2D eigenvalue weighted by Crippen LogP contribution is -2.16. The second kappa shape index (κ2) is 6.75. The van der Waals surface area contributed by atoms with Gasteiger partial charge < -0.3 is 0 Å². The molecule has 8 nitrogen and oxygen atoms in total. The Kier molecular flexibility index (Phi) is 4.29. The van der Waals surface area contributed by atoms with E-state index in [1.807, 2.05) is 30.3 Å². The monoisotopic (exact) mass is 457 g/mol. The van der Waals surface area contributed by atoms with Crippen LogP contribution in [0.2, 0.25) is 0 Å². The van der Waals surface area contributed by atoms with Crippen LogP contribution in [0.5, 0.6) is 0 Å². The molecule has 0 bridgehead atoms. The van der Waals surface area contributed by atoms with E-state index < -0.39 is 5.91 Å². The highest BCUT2D eigenvalue weighted by Crippen LogP contribution is 2.20. The molecular formula is C17H12IN7O. The maximum absolute atomic E-state index is 12.6. The number of anilines is 1. The predicted octanol–water partition coefficient (Wildman–Crippen LogP) is 2.98. The first-order chi connectivity index (χ1) is 12.6. The Morgan fingerprint density at radius 3 is 2.85 bits per heavy atom. The van der Waals surface area contributed by atoms with Crippen molar-refractivity contribution >= 4 is 45.3 Å². The van der Waals surface area contributed by atoms with Crippen molar-refractivity contribution in [3.05, 3.63) is 57.7 Å². The van der Waals surface area contributed by atoms with Gasteiger partial charge in [-0.2, -0.15) is 15.1 Å². The van der Waals surface area contributed by atoms with Gasteiger partial charge in [0.05, 0.1) is 5.52 Å². The largest absolute Gasteiger partial charge is 0.289 e. The van der Waals surface area contributed by atoms with Crippen LogP contribution in [0.25, 0.3) is 22.4 Å². The fraction of sp³-hybridized carbons (Fsp3) is 0.0588. The zero-order valence-corrected chi connectivity index (χ0v) is 15.7. The van der Waals surface area contributed by atoms with E-state index in [0.29, 0.717) is 17.3 Å². The number of pyridine rings is 1. The lowest BCUT2D eigenvalue weighted by molar-refractivity contribution is 0.102. The molecule has 0 radical (unpaired) electrons. The first kappa shape index (κ1) is 16.5. The summed E-state index contributed by atoms with van der Waals surface area (Å²) in [6.45, 7) is 1.73. The predicted molar refractivity (Wildman–Crippen MR) is 105 cm³/mol. The number of rotatable bonds is 3. The molecule has 0 aliphatic heterocycles. The number of hydrogen-bond donors (Lipinski definition) is 2. The summed E-state index contributed by atoms with van der Waals surface area (Å²) in [6.07, 6.45) is 1.66. The van der Waals surface area contributed by atoms with Gasteiger partial charge in [-0.1, -0.05) is 6.07 Å². The zero-order valence-electron chi connectivity index (χ0n) is 13.6. The summed E-state index contributed by atoms with van der Waals surface area (Å²) in [6, 6.07) is 11.1. The third-order valence-corrected chi connectivity index (χ3v) is 4.28. The number of H-pyrrole nitrogens is 1. The van der Waals surface area contributed by atoms with Crippen LogP contribution in [-0.4, -0.2) is 36.0 Å². The van der Waals surface area contributed by atoms with Crippen molar-refractivity contribution in [3.63, 3.8) is 0 Å². The molecule has 0 saturated carbocycles. The Morgan fingerprint density at radius 2 is 2.04 bits per heavy atom. The molecule has 9 heteroatoms. The van der Waals surface area contributed by atoms with E-state index in [9.17, 15) is 4.79 Å². The van der Waals surface area contributed by atoms with Crippen molar-refractivity contribution in [3.8, 4) is 11.5 Å². The summed E-state index contributed by atoms with van der Waals surface area (Å²) in [4.78, 5) is 29.6. The second-order valence-electron chi connectivity index (χ2n) is 5.46. The lowest BCUT2D eigenvalue weighted by atomic mass is 10.2. The summed E-state index contributed by atoms with van der Waals surface area (Å²) < 4.78 is 1.05. The number of halogens is 1. The van der Waals surface area contributed by atoms with Crippen LogP contribution in [0, 0.1) is 10.5 Å². The minimum absolute atomic E-state index is 0.157. The van der Waals surface area contributed by atoms with Gasteiger partial charge >= 0.3 is 0 Å². The van der Waals surface area contributed by atoms with Crippen molar-refractivity contribution in [1.29, 1.82) is 0 Å². The van der Waals surface area contributed by atoms with E-state index in [4.69, 9.17) is 0 Å². The zero-order chi connectivity index (χ0) is 18.1. The Morgan fingerprint density at radius 1 is 1.15 bits per heavy atom. The first-order valence-electron chi connectivity index (χ1n) is 7.69. The first-order valence-corrected chi connectivity index (χ1v) is 8.77. The number of nitrogens with zero attached hydrogens (tertiary/aromatic N) is 5. The molecule has 3 aromatic heterocycles. The highest BCUT2D eigenvalue weighted by atomic mass is 127. The molecular weight excluding hydrogens is 445 g/mol. The number of aromatic amines is 1. The van der Waals surface area contributed by atoms with Gasteiger partial charge in [-0.3, -0.25) is 20.2 Å². The van der Waals surface area contributed by atoms with Crippen molar-refractivity contribution in [2.45, 2.75) is 6.92 Å². The van der Waals surface area contributed by atoms with Gasteiger partial charge in [0.25, 0.3) is 5.91 Å². The molecule has 0 atom stereocenters. The van der Waals surface area contributed by atoms with Crippen LogP contribution in [0.15, 0.2) is 42.6 Å². The highest BCUT2D eigenvalue weighted by molar-refractivity contribution is 14.1. The number of aryl methyl sites for hydroxylation is 1. The average Bonchev–Trinajstić information content (AvgIpc) is 3.05. The van der Waals surface area contributed by atoms with Crippen LogP contribution in [-0.2, 0) is 0 Å². The molecule has 26 heavy (non-hydrogen) atoms. The molecule has 0 spiro atoms. The standard InChI is InChI=1S/C17H12IN7O/c1-9-20-15(12-4-2-3-7-19-12)22-17(21-9)23-16(26)14-11-6-5-10(18)8-13(11)24-25-14/h2-8H,1H3,(H,24,25)(H,20,21,22,23,26). The lowest BCUT2D eigenvalue weighted by Gasteiger charge is -2.05. The smallest absolute Gasteiger partial charge is 0.279 e. The third kappa shape index (κ3) is 3.25. The van der Waals surface area contributed by atoms with E-state index in [-0.39, 0.29) is 11.6 Å². The van der Waals surface area contributed by atoms with Crippen molar-refractivity contribution in [2.75, 3.05) is 5.32 Å². The van der Waals surface area contributed by atoms with E-state index >= 15 is 0 Å². The number of carbonyl (C=O) groups excluding carboxylic acids is 1. The van der Waals surface area contributed by atoms with Crippen LogP contribution >= 0.6 is 22.6 Å². The number of hydrogen-bond acceptors (Lipinski definition) is 6. The SMILES string of the molecule is Cc1nc(NC(=O)c2n[nH]c3cc(I)ccc23)nc(-c2ccccn2)n1. The molecule has 0 saturated heterocycles. The van der Waals surface area contributed by atoms with Gasteiger partial charge in [0.2, 0.25) is 5.95 Å². The van der Waals surface area contributed by atoms with Gasteiger partial charge in [0.15, 0.2) is 11.5 Å². The Balaban J connectivity index is 1.66. The third-order valence-electron chi connectivity index (χ3n) is 3.61. The fourth-order valence-electron chi connectivity index (χ4n) is 2.47. The van der Waals surface area contributed by atoms with Crippen LogP contribution in [0.1, 0.15) is 16.3 Å². The molecule has 4 rings (SSSR count). The summed E-state index contributed by atoms with van der Waals surface area (Å²) in [5, 5.41) is 10.4. The quantitative estimate of drug-likeness (QED) is 0.458. The molecule has 128 valence electrons. The molecule has 0 unspecified atom stereocenters. The topological polar surface area (TPSA) is 109 Å². The second-order valence-corrected chi connectivity index (χ2v) is 6.71. The average molecular weight is 457 g/mol. The van der Waals surface area contributed by atoms with Crippen molar-refractivity contribution in [1.82, 2.24) is 30.1 Å². The van der Waals surface area contributed by atoms with E-state index in [2.05, 4.69) is 58.0 Å². The van der Waals surface area contributed by atoms with Crippen molar-refractivity contribution < 1.29 is 4.79 Å². The molecule has 1 aromatic carbocycles. The molecule has 0 aliphatic rings. The molecule has 1 amide bonds. The highest BCUT2D eigenvalue weighted by Gasteiger charge is 2.17. The number of amides is 1. The maximum Gasteiger partial charge on any atom is 0.279 e. The van der Waals surface area contributed by atoms with Gasteiger partial charge in [-0.05, 0) is 59.8 Å². The maximum atomic E-state index is 12.6. The summed E-state index contributed by atoms with van der Waals surface area (Å²) >= 11 is 2.20. The minimum Gasteiger partial charge on any atom is -0.289 e. The number of aromatic nitrogens is 6. The van der Waals surface area contributed by atoms with Gasteiger partial charge in [-0.15, -0.1) is 0 Å². The Bertz CT molecular complexity index is 1110. The molecule has 4 aromatic rings. The normalized spacial score (nSPS) is 10.8. The minimum atomic E-state index is -0.393. The molecule has 3 heterocycles. The summed E-state index contributed by atoms with van der Waals surface area (Å²) in [5.41, 5.74) is 1.69. The van der Waals surface area contributed by atoms with Crippen LogP contribution in [0.3, 0.4) is 0 Å². The van der Waals surface area contributed by atoms with Crippen molar-refractivity contribution in [2.24, 2.45) is 0 Å². The van der Waals surface area contributed by atoms with E-state index in [1.165, 1.54) is 0 Å². The number of benzene rings is 1. The molecule has 0 aliphatic carbocycles. The van der Waals surface area contributed by atoms with Crippen LogP contribution in [0.4, 0.5) is 5.95 Å². The Hall–Kier alpha value is -2.95. The summed E-state index contributed by atoms with van der Waals surface area (Å²) in [7, 11) is 0. The Labute approximate surface area is 161 Å². The van der Waals surface area contributed by atoms with Gasteiger partial charge in [0.1, 0.15) is 11.5 Å².